The smallest absolute Gasteiger partial charge is 0.316 e. The first-order valence-corrected chi connectivity index (χ1v) is 6.23. The molecule has 1 rings (SSSR count). The van der Waals surface area contributed by atoms with Crippen LogP contribution in [0.4, 0.5) is 5.69 Å². The first-order chi connectivity index (χ1) is 8.79. The first-order valence-electron chi connectivity index (χ1n) is 6.23. The zero-order valence-corrected chi connectivity index (χ0v) is 11.8. The molecule has 0 spiro atoms. The summed E-state index contributed by atoms with van der Waals surface area (Å²) in [6.45, 7) is 7.50. The third kappa shape index (κ3) is 3.53. The molecule has 5 heteroatoms. The third-order valence-corrected chi connectivity index (χ3v) is 2.92. The maximum absolute atomic E-state index is 12.5. The van der Waals surface area contributed by atoms with Crippen molar-refractivity contribution in [2.75, 3.05) is 11.4 Å². The van der Waals surface area contributed by atoms with Crippen LogP contribution in [-0.4, -0.2) is 28.5 Å². The summed E-state index contributed by atoms with van der Waals surface area (Å²) in [5.41, 5.74) is 0.0293. The maximum atomic E-state index is 12.5. The van der Waals surface area contributed by atoms with Crippen molar-refractivity contribution in [2.45, 2.75) is 27.7 Å². The number of hydrogen-bond acceptors (Lipinski definition) is 3. The topological polar surface area (TPSA) is 70.5 Å². The quantitative estimate of drug-likeness (QED) is 0.846. The molecule has 0 saturated carbocycles. The van der Waals surface area contributed by atoms with E-state index in [4.69, 9.17) is 0 Å². The number of aliphatic carboxylic acids is 1. The number of carbonyl (C=O) groups is 2. The highest BCUT2D eigenvalue weighted by molar-refractivity contribution is 6.06. The molecule has 1 atom stereocenters. The standard InChI is InChI=1S/C14H20N2O3/c1-5-16(10-6-8-15-9-7-10)12(17)11(13(18)19)14(2,3)4/h6-9,11H,5H2,1-4H3,(H,18,19). The summed E-state index contributed by atoms with van der Waals surface area (Å²) in [6.07, 6.45) is 3.16. The second-order valence-corrected chi connectivity index (χ2v) is 5.43. The fourth-order valence-electron chi connectivity index (χ4n) is 1.99. The minimum Gasteiger partial charge on any atom is -0.481 e. The molecule has 0 radical (unpaired) electrons. The number of anilines is 1. The molecule has 1 N–H and O–H groups in total. The Labute approximate surface area is 113 Å². The summed E-state index contributed by atoms with van der Waals surface area (Å²) in [4.78, 5) is 29.2. The Morgan fingerprint density at radius 1 is 1.32 bits per heavy atom. The van der Waals surface area contributed by atoms with Gasteiger partial charge in [0.2, 0.25) is 5.91 Å². The van der Waals surface area contributed by atoms with Crippen LogP contribution < -0.4 is 4.90 Å². The van der Waals surface area contributed by atoms with Crippen molar-refractivity contribution in [1.29, 1.82) is 0 Å². The van der Waals surface area contributed by atoms with Gasteiger partial charge in [0.1, 0.15) is 5.92 Å². The predicted molar refractivity (Wildman–Crippen MR) is 72.8 cm³/mol. The van der Waals surface area contributed by atoms with Gasteiger partial charge in [-0.2, -0.15) is 0 Å². The fraction of sp³-hybridized carbons (Fsp3) is 0.500. The van der Waals surface area contributed by atoms with E-state index in [9.17, 15) is 14.7 Å². The Balaban J connectivity index is 3.11. The molecule has 0 bridgehead atoms. The van der Waals surface area contributed by atoms with Gasteiger partial charge < -0.3 is 10.0 Å². The molecule has 1 aromatic rings. The van der Waals surface area contributed by atoms with Crippen LogP contribution in [0.5, 0.6) is 0 Å². The number of amides is 1. The summed E-state index contributed by atoms with van der Waals surface area (Å²) in [5.74, 6) is -2.56. The number of pyridine rings is 1. The Kier molecular flexibility index (Phi) is 4.64. The fourth-order valence-corrected chi connectivity index (χ4v) is 1.99. The number of carbonyl (C=O) groups excluding carboxylic acids is 1. The van der Waals surface area contributed by atoms with Crippen LogP contribution in [0.3, 0.4) is 0 Å². The SMILES string of the molecule is CCN(C(=O)C(C(=O)O)C(C)(C)C)c1ccncc1. The second kappa shape index (κ2) is 5.82. The van der Waals surface area contributed by atoms with Gasteiger partial charge in [-0.3, -0.25) is 14.6 Å². The highest BCUT2D eigenvalue weighted by atomic mass is 16.4. The lowest BCUT2D eigenvalue weighted by Gasteiger charge is -2.31. The van der Waals surface area contributed by atoms with E-state index in [-0.39, 0.29) is 0 Å². The van der Waals surface area contributed by atoms with Crippen LogP contribution in [0.2, 0.25) is 0 Å². The molecule has 1 heterocycles. The van der Waals surface area contributed by atoms with E-state index in [2.05, 4.69) is 4.98 Å². The van der Waals surface area contributed by atoms with E-state index in [1.165, 1.54) is 4.90 Å². The van der Waals surface area contributed by atoms with Gasteiger partial charge in [-0.15, -0.1) is 0 Å². The van der Waals surface area contributed by atoms with Crippen molar-refractivity contribution >= 4 is 17.6 Å². The lowest BCUT2D eigenvalue weighted by Crippen LogP contribution is -2.45. The average Bonchev–Trinajstić information content (AvgIpc) is 2.28. The summed E-state index contributed by atoms with van der Waals surface area (Å²) in [7, 11) is 0. The summed E-state index contributed by atoms with van der Waals surface area (Å²) < 4.78 is 0. The van der Waals surface area contributed by atoms with Gasteiger partial charge in [0.15, 0.2) is 0 Å². The Bertz CT molecular complexity index is 452. The molecule has 0 aromatic carbocycles. The zero-order chi connectivity index (χ0) is 14.6. The molecule has 0 aliphatic rings. The van der Waals surface area contributed by atoms with Gasteiger partial charge in [0, 0.05) is 24.6 Å². The summed E-state index contributed by atoms with van der Waals surface area (Å²) in [6, 6.07) is 3.39. The number of aromatic nitrogens is 1. The van der Waals surface area contributed by atoms with Crippen LogP contribution in [0, 0.1) is 11.3 Å². The minimum atomic E-state index is -1.09. The molecule has 0 saturated heterocycles. The third-order valence-electron chi connectivity index (χ3n) is 2.92. The van der Waals surface area contributed by atoms with Gasteiger partial charge in [-0.25, -0.2) is 0 Å². The van der Waals surface area contributed by atoms with Crippen molar-refractivity contribution in [3.8, 4) is 0 Å². The van der Waals surface area contributed by atoms with Crippen LogP contribution in [0.1, 0.15) is 27.7 Å². The highest BCUT2D eigenvalue weighted by Gasteiger charge is 2.40. The lowest BCUT2D eigenvalue weighted by molar-refractivity contribution is -0.150. The van der Waals surface area contributed by atoms with E-state index in [0.29, 0.717) is 12.2 Å². The largest absolute Gasteiger partial charge is 0.481 e. The molecule has 19 heavy (non-hydrogen) atoms. The average molecular weight is 264 g/mol. The maximum Gasteiger partial charge on any atom is 0.316 e. The lowest BCUT2D eigenvalue weighted by atomic mass is 9.79. The van der Waals surface area contributed by atoms with Gasteiger partial charge in [0.25, 0.3) is 0 Å². The number of hydrogen-bond donors (Lipinski definition) is 1. The van der Waals surface area contributed by atoms with Gasteiger partial charge in [-0.05, 0) is 24.5 Å². The molecule has 0 aliphatic heterocycles. The Morgan fingerprint density at radius 2 is 1.84 bits per heavy atom. The van der Waals surface area contributed by atoms with E-state index >= 15 is 0 Å². The van der Waals surface area contributed by atoms with Crippen LogP contribution in [0.15, 0.2) is 24.5 Å². The predicted octanol–water partition coefficient (Wildman–Crippen LogP) is 2.18. The van der Waals surface area contributed by atoms with Crippen LogP contribution in [0.25, 0.3) is 0 Å². The van der Waals surface area contributed by atoms with E-state index in [1.54, 1.807) is 45.3 Å². The van der Waals surface area contributed by atoms with Gasteiger partial charge in [0.05, 0.1) is 0 Å². The van der Waals surface area contributed by atoms with E-state index in [0.717, 1.165) is 0 Å². The number of carboxylic acids is 1. The molecule has 5 nitrogen and oxygen atoms in total. The van der Waals surface area contributed by atoms with E-state index in [1.807, 2.05) is 6.92 Å². The molecule has 0 fully saturated rings. The highest BCUT2D eigenvalue weighted by Crippen LogP contribution is 2.29. The minimum absolute atomic E-state index is 0.395. The van der Waals surface area contributed by atoms with Crippen LogP contribution >= 0.6 is 0 Å². The monoisotopic (exact) mass is 264 g/mol. The summed E-state index contributed by atoms with van der Waals surface area (Å²) in [5, 5.41) is 9.31. The molecule has 104 valence electrons. The molecule has 1 unspecified atom stereocenters. The Morgan fingerprint density at radius 3 is 2.21 bits per heavy atom. The van der Waals surface area contributed by atoms with Gasteiger partial charge in [-0.1, -0.05) is 20.8 Å². The number of carboxylic acid groups (broad SMARTS) is 1. The molecule has 1 aromatic heterocycles. The number of rotatable bonds is 4. The second-order valence-electron chi connectivity index (χ2n) is 5.43. The van der Waals surface area contributed by atoms with Crippen molar-refractivity contribution in [3.63, 3.8) is 0 Å². The van der Waals surface area contributed by atoms with Crippen molar-refractivity contribution < 1.29 is 14.7 Å². The number of nitrogens with zero attached hydrogens (tertiary/aromatic N) is 2. The van der Waals surface area contributed by atoms with Crippen molar-refractivity contribution in [2.24, 2.45) is 11.3 Å². The first kappa shape index (κ1) is 15.1. The van der Waals surface area contributed by atoms with Crippen LogP contribution in [-0.2, 0) is 9.59 Å². The van der Waals surface area contributed by atoms with Gasteiger partial charge >= 0.3 is 5.97 Å². The Hall–Kier alpha value is -1.91. The van der Waals surface area contributed by atoms with Crippen molar-refractivity contribution in [1.82, 2.24) is 4.98 Å². The molecule has 0 aliphatic carbocycles. The van der Waals surface area contributed by atoms with E-state index < -0.39 is 23.2 Å². The summed E-state index contributed by atoms with van der Waals surface area (Å²) >= 11 is 0. The molecule has 1 amide bonds. The molecular formula is C14H20N2O3. The normalized spacial score (nSPS) is 12.8. The zero-order valence-electron chi connectivity index (χ0n) is 11.8. The van der Waals surface area contributed by atoms with Crippen molar-refractivity contribution in [3.05, 3.63) is 24.5 Å². The molecular weight excluding hydrogens is 244 g/mol.